The maximum Gasteiger partial charge on any atom is 0.116 e. The Balaban J connectivity index is 0. The number of nitrogens with two attached hydrogens (primary N) is 2. The van der Waals surface area contributed by atoms with Gasteiger partial charge >= 0.3 is 0 Å². The van der Waals surface area contributed by atoms with E-state index in [0.717, 1.165) is 12.6 Å². The van der Waals surface area contributed by atoms with E-state index in [9.17, 15) is 0 Å². The lowest BCUT2D eigenvalue weighted by Crippen LogP contribution is -2.83. The molecule has 5 N–H and O–H groups in total. The predicted octanol–water partition coefficient (Wildman–Crippen LogP) is -0.561. The van der Waals surface area contributed by atoms with Gasteiger partial charge in [0.1, 0.15) is 14.0 Å². The molecule has 0 aliphatic carbocycles. The van der Waals surface area contributed by atoms with Gasteiger partial charge < -0.3 is 16.2 Å². The van der Waals surface area contributed by atoms with Crippen LogP contribution in [-0.2, 0) is 0 Å². The molecule has 0 unspecified atom stereocenters. The van der Waals surface area contributed by atoms with Crippen LogP contribution >= 0.6 is 0 Å². The molecule has 0 saturated carbocycles. The van der Waals surface area contributed by atoms with E-state index in [1.54, 1.807) is 6.08 Å². The predicted molar refractivity (Wildman–Crippen MR) is 57.0 cm³/mol. The molecule has 13 heavy (non-hydrogen) atoms. The van der Waals surface area contributed by atoms with Crippen molar-refractivity contribution >= 4 is 7.85 Å². The maximum atomic E-state index is 7.00. The molecular weight excluding hydrogens is 163 g/mol. The van der Waals surface area contributed by atoms with Crippen molar-refractivity contribution in [2.24, 2.45) is 5.73 Å². The average Bonchev–Trinajstić information content (AvgIpc) is 2.03. The summed E-state index contributed by atoms with van der Waals surface area (Å²) in [6, 6.07) is 0.528. The van der Waals surface area contributed by atoms with Gasteiger partial charge in [-0.15, -0.1) is 5.47 Å². The van der Waals surface area contributed by atoms with Crippen LogP contribution in [0.4, 0.5) is 0 Å². The molecule has 4 heteroatoms. The van der Waals surface area contributed by atoms with Crippen molar-refractivity contribution in [3.05, 3.63) is 23.4 Å². The van der Waals surface area contributed by atoms with E-state index in [2.05, 4.69) is 13.8 Å². The Kier molecular flexibility index (Phi) is 10.6. The van der Waals surface area contributed by atoms with Crippen molar-refractivity contribution < 1.29 is 10.4 Å². The largest absolute Gasteiger partial charge is 0.400 e. The molecule has 0 bridgehead atoms. The highest BCUT2D eigenvalue weighted by Crippen LogP contribution is 1.88. The Morgan fingerprint density at radius 3 is 2.23 bits per heavy atom. The van der Waals surface area contributed by atoms with Crippen molar-refractivity contribution in [3.8, 4) is 0 Å². The van der Waals surface area contributed by atoms with Crippen molar-refractivity contribution in [1.29, 1.82) is 0 Å². The lowest BCUT2D eigenvalue weighted by atomic mass is 9.97. The summed E-state index contributed by atoms with van der Waals surface area (Å²) in [5, 5.41) is 9.04. The van der Waals surface area contributed by atoms with E-state index >= 15 is 0 Å². The normalized spacial score (nSPS) is 12.5. The summed E-state index contributed by atoms with van der Waals surface area (Å²) in [6.07, 6.45) is 3.62. The van der Waals surface area contributed by atoms with Gasteiger partial charge in [0.2, 0.25) is 0 Å². The average molecular weight is 183 g/mol. The van der Waals surface area contributed by atoms with Gasteiger partial charge in [0, 0.05) is 7.11 Å². The second kappa shape index (κ2) is 9.35. The van der Waals surface area contributed by atoms with Crippen molar-refractivity contribution in [2.75, 3.05) is 7.11 Å². The number of aliphatic hydroxyl groups is 1. The van der Waals surface area contributed by atoms with Crippen LogP contribution in [0.15, 0.2) is 23.4 Å². The summed E-state index contributed by atoms with van der Waals surface area (Å²) in [6.45, 7) is 6.02. The SMILES string of the molecule is CO.[B]/C(C)=C/C(N)=C\[NH2+]C(C)C. The minimum Gasteiger partial charge on any atom is -0.400 e. The third-order valence-corrected chi connectivity index (χ3v) is 1.07. The topological polar surface area (TPSA) is 62.9 Å². The van der Waals surface area contributed by atoms with Crippen molar-refractivity contribution in [2.45, 2.75) is 26.8 Å². The number of rotatable bonds is 3. The molecule has 0 aliphatic heterocycles. The maximum absolute atomic E-state index is 7.00. The highest BCUT2D eigenvalue weighted by molar-refractivity contribution is 6.21. The van der Waals surface area contributed by atoms with Gasteiger partial charge in [0.05, 0.1) is 11.7 Å². The molecule has 2 radical (unpaired) electrons. The van der Waals surface area contributed by atoms with Gasteiger partial charge in [-0.05, 0) is 19.9 Å². The molecule has 0 aromatic rings. The van der Waals surface area contributed by atoms with Gasteiger partial charge in [0.15, 0.2) is 0 Å². The first-order valence-corrected chi connectivity index (χ1v) is 4.21. The zero-order valence-corrected chi connectivity index (χ0v) is 8.91. The van der Waals surface area contributed by atoms with Crippen LogP contribution < -0.4 is 11.1 Å². The number of allylic oxidation sites excluding steroid dienone is 2. The fourth-order valence-electron chi connectivity index (χ4n) is 0.615. The molecule has 0 aliphatic rings. The van der Waals surface area contributed by atoms with Crippen LogP contribution in [-0.4, -0.2) is 26.1 Å². The minimum absolute atomic E-state index is 0.528. The van der Waals surface area contributed by atoms with Gasteiger partial charge in [-0.1, -0.05) is 6.92 Å². The molecule has 0 atom stereocenters. The van der Waals surface area contributed by atoms with Crippen LogP contribution in [0.1, 0.15) is 20.8 Å². The summed E-state index contributed by atoms with van der Waals surface area (Å²) >= 11 is 0. The molecule has 0 saturated heterocycles. The number of hydrogen-bond acceptors (Lipinski definition) is 2. The fraction of sp³-hybridized carbons (Fsp3) is 0.556. The van der Waals surface area contributed by atoms with E-state index in [0.29, 0.717) is 11.7 Å². The summed E-state index contributed by atoms with van der Waals surface area (Å²) in [7, 11) is 6.43. The molecule has 0 aromatic heterocycles. The molecular formula is C9H20BN2O+. The molecule has 0 fully saturated rings. The molecule has 0 heterocycles. The number of hydrogen-bond donors (Lipinski definition) is 3. The van der Waals surface area contributed by atoms with Crippen LogP contribution in [0.2, 0.25) is 0 Å². The Morgan fingerprint density at radius 2 is 1.92 bits per heavy atom. The van der Waals surface area contributed by atoms with E-state index in [1.165, 1.54) is 0 Å². The zero-order chi connectivity index (χ0) is 10.9. The standard InChI is InChI=1S/C8H15BN2.CH4O/c1-6(2)11-5-8(10)4-7(3)9;1-2/h4-6,11H,10H2,1-3H3;2H,1H3/p+1/b7-4+,8-5+;. The Morgan fingerprint density at radius 1 is 1.46 bits per heavy atom. The Bertz CT molecular complexity index is 172. The van der Waals surface area contributed by atoms with Crippen LogP contribution in [0.3, 0.4) is 0 Å². The zero-order valence-electron chi connectivity index (χ0n) is 8.91. The Labute approximate surface area is 82.1 Å². The van der Waals surface area contributed by atoms with Crippen LogP contribution in [0, 0.1) is 0 Å². The molecule has 0 spiro atoms. The molecule has 0 amide bonds. The summed E-state index contributed by atoms with van der Waals surface area (Å²) in [5.74, 6) is 0. The van der Waals surface area contributed by atoms with Crippen LogP contribution in [0.25, 0.3) is 0 Å². The third-order valence-electron chi connectivity index (χ3n) is 1.07. The molecule has 74 valence electrons. The van der Waals surface area contributed by atoms with E-state index < -0.39 is 0 Å². The lowest BCUT2D eigenvalue weighted by molar-refractivity contribution is -0.619. The number of quaternary nitrogens is 1. The van der Waals surface area contributed by atoms with Gasteiger partial charge in [0.25, 0.3) is 0 Å². The lowest BCUT2D eigenvalue weighted by Gasteiger charge is -1.98. The third kappa shape index (κ3) is 14.2. The quantitative estimate of drug-likeness (QED) is 0.405. The van der Waals surface area contributed by atoms with E-state index in [1.807, 2.05) is 18.4 Å². The smallest absolute Gasteiger partial charge is 0.116 e. The number of aliphatic hydroxyl groups excluding tert-OH is 1. The van der Waals surface area contributed by atoms with Crippen molar-refractivity contribution in [1.82, 2.24) is 0 Å². The summed E-state index contributed by atoms with van der Waals surface area (Å²) < 4.78 is 0. The first-order chi connectivity index (χ1) is 6.02. The molecule has 0 aromatic carbocycles. The highest BCUT2D eigenvalue weighted by atomic mass is 16.2. The van der Waals surface area contributed by atoms with Gasteiger partial charge in [-0.25, -0.2) is 0 Å². The summed E-state index contributed by atoms with van der Waals surface area (Å²) in [5.41, 5.74) is 7.04. The minimum atomic E-state index is 0.528. The van der Waals surface area contributed by atoms with E-state index in [-0.39, 0.29) is 0 Å². The fourth-order valence-corrected chi connectivity index (χ4v) is 0.615. The highest BCUT2D eigenvalue weighted by Gasteiger charge is 1.91. The second-order valence-corrected chi connectivity index (χ2v) is 2.99. The first kappa shape index (κ1) is 14.8. The van der Waals surface area contributed by atoms with Crippen LogP contribution in [0.5, 0.6) is 0 Å². The van der Waals surface area contributed by atoms with Gasteiger partial charge in [-0.3, -0.25) is 0 Å². The summed E-state index contributed by atoms with van der Waals surface area (Å²) in [4.78, 5) is 0. The molecule has 0 rings (SSSR count). The van der Waals surface area contributed by atoms with Crippen molar-refractivity contribution in [3.63, 3.8) is 0 Å². The first-order valence-electron chi connectivity index (χ1n) is 4.21. The monoisotopic (exact) mass is 183 g/mol. The Hall–Kier alpha value is -0.735. The van der Waals surface area contributed by atoms with Gasteiger partial charge in [-0.2, -0.15) is 0 Å². The molecule has 3 nitrogen and oxygen atoms in total. The second-order valence-electron chi connectivity index (χ2n) is 2.99. The van der Waals surface area contributed by atoms with E-state index in [4.69, 9.17) is 18.7 Å².